The summed E-state index contributed by atoms with van der Waals surface area (Å²) >= 11 is 0. The van der Waals surface area contributed by atoms with Crippen LogP contribution < -0.4 is 9.47 Å². The summed E-state index contributed by atoms with van der Waals surface area (Å²) in [5, 5.41) is 8.65. The number of pyridine rings is 1. The molecule has 0 spiro atoms. The van der Waals surface area contributed by atoms with Crippen LogP contribution in [0.4, 0.5) is 0 Å². The third-order valence-corrected chi connectivity index (χ3v) is 4.87. The van der Waals surface area contributed by atoms with Gasteiger partial charge in [-0.15, -0.1) is 0 Å². The summed E-state index contributed by atoms with van der Waals surface area (Å²) in [6.45, 7) is 0.0320. The van der Waals surface area contributed by atoms with Crippen LogP contribution in [0, 0.1) is 0 Å². The lowest BCUT2D eigenvalue weighted by Gasteiger charge is -2.23. The summed E-state index contributed by atoms with van der Waals surface area (Å²) < 4.78 is 11.1. The highest BCUT2D eigenvalue weighted by Gasteiger charge is 2.17. The normalized spacial score (nSPS) is 14.2. The van der Waals surface area contributed by atoms with Crippen LogP contribution in [0.3, 0.4) is 0 Å². The van der Waals surface area contributed by atoms with Crippen molar-refractivity contribution < 1.29 is 24.2 Å². The number of carbonyl (C=O) groups excluding carboxylic acids is 1. The van der Waals surface area contributed by atoms with Crippen LogP contribution >= 0.6 is 0 Å². The van der Waals surface area contributed by atoms with E-state index in [4.69, 9.17) is 14.6 Å². The zero-order chi connectivity index (χ0) is 20.6. The highest BCUT2D eigenvalue weighted by atomic mass is 16.5. The number of carboxylic acid groups (broad SMARTS) is 1. The van der Waals surface area contributed by atoms with Crippen molar-refractivity contribution in [3.63, 3.8) is 0 Å². The maximum Gasteiger partial charge on any atom is 0.341 e. The molecule has 1 aromatic carbocycles. The maximum absolute atomic E-state index is 12.8. The molecule has 2 aromatic rings. The van der Waals surface area contributed by atoms with Crippen molar-refractivity contribution in [2.75, 3.05) is 13.7 Å². The SMILES string of the molecule is CN(Cc1ccc(OCC(=O)O)cc1)C(=O)c1ccnc(OC2CCCCC2)c1. The number of aromatic nitrogens is 1. The third kappa shape index (κ3) is 6.20. The van der Waals surface area contributed by atoms with Crippen LogP contribution in [0.15, 0.2) is 42.6 Å². The summed E-state index contributed by atoms with van der Waals surface area (Å²) in [7, 11) is 1.74. The summed E-state index contributed by atoms with van der Waals surface area (Å²) in [5.74, 6) is -0.171. The van der Waals surface area contributed by atoms with Crippen LogP contribution in [0.1, 0.15) is 48.0 Å². The second-order valence-electron chi connectivity index (χ2n) is 7.25. The molecular weight excluding hydrogens is 372 g/mol. The average molecular weight is 398 g/mol. The summed E-state index contributed by atoms with van der Waals surface area (Å²) in [6, 6.07) is 10.4. The van der Waals surface area contributed by atoms with Crippen molar-refractivity contribution in [1.82, 2.24) is 9.88 Å². The van der Waals surface area contributed by atoms with E-state index in [1.54, 1.807) is 42.4 Å². The molecule has 0 saturated heterocycles. The minimum Gasteiger partial charge on any atom is -0.482 e. The molecule has 3 rings (SSSR count). The molecular formula is C22H26N2O5. The van der Waals surface area contributed by atoms with Gasteiger partial charge in [0.05, 0.1) is 0 Å². The first-order chi connectivity index (χ1) is 14.0. The van der Waals surface area contributed by atoms with Crippen molar-refractivity contribution in [2.45, 2.75) is 44.8 Å². The number of hydrogen-bond donors (Lipinski definition) is 1. The van der Waals surface area contributed by atoms with Crippen LogP contribution in [0.5, 0.6) is 11.6 Å². The summed E-state index contributed by atoms with van der Waals surface area (Å²) in [4.78, 5) is 29.2. The van der Waals surface area contributed by atoms with E-state index >= 15 is 0 Å². The lowest BCUT2D eigenvalue weighted by atomic mass is 9.98. The Balaban J connectivity index is 1.58. The van der Waals surface area contributed by atoms with E-state index in [-0.39, 0.29) is 18.6 Å². The number of carbonyl (C=O) groups is 2. The molecule has 1 saturated carbocycles. The molecule has 0 atom stereocenters. The molecule has 29 heavy (non-hydrogen) atoms. The molecule has 1 fully saturated rings. The highest BCUT2D eigenvalue weighted by Crippen LogP contribution is 2.23. The second kappa shape index (κ2) is 9.91. The lowest BCUT2D eigenvalue weighted by molar-refractivity contribution is -0.139. The van der Waals surface area contributed by atoms with Gasteiger partial charge in [0.25, 0.3) is 5.91 Å². The minimum atomic E-state index is -1.02. The fourth-order valence-corrected chi connectivity index (χ4v) is 3.36. The fourth-order valence-electron chi connectivity index (χ4n) is 3.36. The number of benzene rings is 1. The van der Waals surface area contributed by atoms with Crippen molar-refractivity contribution in [1.29, 1.82) is 0 Å². The van der Waals surface area contributed by atoms with Crippen LogP contribution in [0.25, 0.3) is 0 Å². The molecule has 1 aliphatic carbocycles. The number of hydrogen-bond acceptors (Lipinski definition) is 5. The van der Waals surface area contributed by atoms with Gasteiger partial charge in [-0.1, -0.05) is 18.6 Å². The quantitative estimate of drug-likeness (QED) is 0.732. The largest absolute Gasteiger partial charge is 0.482 e. The summed E-state index contributed by atoms with van der Waals surface area (Å²) in [6.07, 6.45) is 7.45. The predicted molar refractivity (Wildman–Crippen MR) is 107 cm³/mol. The van der Waals surface area contributed by atoms with E-state index < -0.39 is 5.97 Å². The van der Waals surface area contributed by atoms with Crippen LogP contribution in [-0.4, -0.2) is 46.6 Å². The van der Waals surface area contributed by atoms with Gasteiger partial charge in [-0.2, -0.15) is 0 Å². The van der Waals surface area contributed by atoms with Gasteiger partial charge < -0.3 is 19.5 Å². The van der Waals surface area contributed by atoms with Gasteiger partial charge >= 0.3 is 5.97 Å². The van der Waals surface area contributed by atoms with Crippen molar-refractivity contribution in [2.24, 2.45) is 0 Å². The molecule has 0 radical (unpaired) electrons. The summed E-state index contributed by atoms with van der Waals surface area (Å²) in [5.41, 5.74) is 1.45. The zero-order valence-electron chi connectivity index (χ0n) is 16.5. The fraction of sp³-hybridized carbons (Fsp3) is 0.409. The zero-order valence-corrected chi connectivity index (χ0v) is 16.5. The molecule has 1 amide bonds. The van der Waals surface area contributed by atoms with Crippen molar-refractivity contribution >= 4 is 11.9 Å². The van der Waals surface area contributed by atoms with Gasteiger partial charge in [-0.3, -0.25) is 4.79 Å². The molecule has 1 aliphatic rings. The van der Waals surface area contributed by atoms with E-state index in [1.807, 2.05) is 12.1 Å². The highest BCUT2D eigenvalue weighted by molar-refractivity contribution is 5.94. The van der Waals surface area contributed by atoms with Crippen molar-refractivity contribution in [3.05, 3.63) is 53.7 Å². The van der Waals surface area contributed by atoms with Crippen molar-refractivity contribution in [3.8, 4) is 11.6 Å². The predicted octanol–water partition coefficient (Wildman–Crippen LogP) is 3.53. The molecule has 1 heterocycles. The molecule has 1 N–H and O–H groups in total. The Kier molecular flexibility index (Phi) is 7.05. The first kappa shape index (κ1) is 20.6. The molecule has 154 valence electrons. The number of nitrogens with zero attached hydrogens (tertiary/aromatic N) is 2. The van der Waals surface area contributed by atoms with Gasteiger partial charge in [0.2, 0.25) is 5.88 Å². The van der Waals surface area contributed by atoms with Gasteiger partial charge in [0.15, 0.2) is 6.61 Å². The van der Waals surface area contributed by atoms with E-state index in [2.05, 4.69) is 4.98 Å². The van der Waals surface area contributed by atoms with Gasteiger partial charge in [-0.05, 0) is 49.4 Å². The Labute approximate surface area is 170 Å². The standard InChI is InChI=1S/C22H26N2O5/c1-24(14-16-7-9-18(10-8-16)28-15-21(25)26)22(27)17-11-12-23-20(13-17)29-19-5-3-2-4-6-19/h7-13,19H,2-6,14-15H2,1H3,(H,25,26). The van der Waals surface area contributed by atoms with Gasteiger partial charge in [-0.25, -0.2) is 9.78 Å². The minimum absolute atomic E-state index is 0.118. The lowest BCUT2D eigenvalue weighted by Crippen LogP contribution is -2.26. The Hall–Kier alpha value is -3.09. The van der Waals surface area contributed by atoms with Gasteiger partial charge in [0.1, 0.15) is 11.9 Å². The maximum atomic E-state index is 12.8. The van der Waals surface area contributed by atoms with E-state index in [9.17, 15) is 9.59 Å². The number of amides is 1. The topological polar surface area (TPSA) is 89.0 Å². The number of rotatable bonds is 8. The molecule has 7 nitrogen and oxygen atoms in total. The Bertz CT molecular complexity index is 831. The number of carboxylic acids is 1. The smallest absolute Gasteiger partial charge is 0.341 e. The first-order valence-electron chi connectivity index (χ1n) is 9.83. The molecule has 0 aliphatic heterocycles. The van der Waals surface area contributed by atoms with E-state index in [0.717, 1.165) is 18.4 Å². The average Bonchev–Trinajstić information content (AvgIpc) is 2.73. The van der Waals surface area contributed by atoms with E-state index in [0.29, 0.717) is 23.7 Å². The molecule has 1 aromatic heterocycles. The molecule has 0 unspecified atom stereocenters. The Morgan fingerprint density at radius 3 is 2.55 bits per heavy atom. The van der Waals surface area contributed by atoms with Crippen LogP contribution in [0.2, 0.25) is 0 Å². The molecule has 7 heteroatoms. The number of ether oxygens (including phenoxy) is 2. The Morgan fingerprint density at radius 2 is 1.86 bits per heavy atom. The van der Waals surface area contributed by atoms with Crippen LogP contribution in [-0.2, 0) is 11.3 Å². The first-order valence-corrected chi connectivity index (χ1v) is 9.83. The number of aliphatic carboxylic acids is 1. The van der Waals surface area contributed by atoms with Gasteiger partial charge in [0, 0.05) is 31.4 Å². The molecule has 0 bridgehead atoms. The Morgan fingerprint density at radius 1 is 1.14 bits per heavy atom. The van der Waals surface area contributed by atoms with E-state index in [1.165, 1.54) is 19.3 Å². The monoisotopic (exact) mass is 398 g/mol. The third-order valence-electron chi connectivity index (χ3n) is 4.87. The second-order valence-corrected chi connectivity index (χ2v) is 7.25.